The summed E-state index contributed by atoms with van der Waals surface area (Å²) in [6.07, 6.45) is 4.35. The third-order valence-electron chi connectivity index (χ3n) is 3.29. The van der Waals surface area contributed by atoms with E-state index in [9.17, 15) is 9.59 Å². The van der Waals surface area contributed by atoms with E-state index in [1.807, 2.05) is 0 Å². The molecule has 2 rings (SSSR count). The summed E-state index contributed by atoms with van der Waals surface area (Å²) >= 11 is 5.82. The second-order valence-electron chi connectivity index (χ2n) is 5.17. The molecule has 25 heavy (non-hydrogen) atoms. The summed E-state index contributed by atoms with van der Waals surface area (Å²) in [7, 11) is 1.63. The second-order valence-corrected chi connectivity index (χ2v) is 5.61. The van der Waals surface area contributed by atoms with Gasteiger partial charge in [0.2, 0.25) is 0 Å². The molecular weight excluding hydrogens is 344 g/mol. The maximum absolute atomic E-state index is 12.4. The van der Waals surface area contributed by atoms with Crippen molar-refractivity contribution in [3.05, 3.63) is 53.1 Å². The highest BCUT2D eigenvalue weighted by atomic mass is 35.5. The van der Waals surface area contributed by atoms with Crippen LogP contribution in [0.2, 0.25) is 5.02 Å². The van der Waals surface area contributed by atoms with Crippen LogP contribution in [0.25, 0.3) is 0 Å². The molecule has 0 aliphatic heterocycles. The molecule has 132 valence electrons. The highest BCUT2D eigenvalue weighted by Gasteiger charge is 2.19. The number of anilines is 1. The number of halogens is 1. The third kappa shape index (κ3) is 5.81. The van der Waals surface area contributed by atoms with Gasteiger partial charge in [0.05, 0.1) is 0 Å². The van der Waals surface area contributed by atoms with Crippen molar-refractivity contribution in [2.24, 2.45) is 0 Å². The van der Waals surface area contributed by atoms with Gasteiger partial charge < -0.3 is 15.4 Å². The Hall–Kier alpha value is -2.51. The summed E-state index contributed by atoms with van der Waals surface area (Å²) in [5.41, 5.74) is 0.499. The zero-order valence-electron chi connectivity index (χ0n) is 13.8. The number of nitrogens with zero attached hydrogens (tertiary/aromatic N) is 2. The molecule has 2 N–H and O–H groups in total. The van der Waals surface area contributed by atoms with Gasteiger partial charge in [-0.25, -0.2) is 9.97 Å². The van der Waals surface area contributed by atoms with Gasteiger partial charge in [0.1, 0.15) is 0 Å². The van der Waals surface area contributed by atoms with E-state index >= 15 is 0 Å². The summed E-state index contributed by atoms with van der Waals surface area (Å²) in [5, 5.41) is 5.96. The summed E-state index contributed by atoms with van der Waals surface area (Å²) in [5.74, 6) is -0.952. The van der Waals surface area contributed by atoms with Crippen LogP contribution in [0.4, 0.5) is 5.69 Å². The van der Waals surface area contributed by atoms with Crippen LogP contribution in [0, 0.1) is 0 Å². The molecule has 0 atom stereocenters. The van der Waals surface area contributed by atoms with Crippen molar-refractivity contribution < 1.29 is 14.3 Å². The highest BCUT2D eigenvalue weighted by Crippen LogP contribution is 2.14. The maximum atomic E-state index is 12.4. The van der Waals surface area contributed by atoms with Gasteiger partial charge in [0, 0.05) is 43.4 Å². The minimum absolute atomic E-state index is 0.0132. The summed E-state index contributed by atoms with van der Waals surface area (Å²) < 4.78 is 4.95. The van der Waals surface area contributed by atoms with Crippen LogP contribution in [-0.4, -0.2) is 42.0 Å². The second kappa shape index (κ2) is 9.71. The number of hydrogen-bond acceptors (Lipinski definition) is 5. The SMILES string of the molecule is COCCCCNC(=O)c1nccnc1C(=O)Nc1ccc(Cl)cc1. The Bertz CT molecular complexity index is 722. The molecule has 0 spiro atoms. The van der Waals surface area contributed by atoms with Crippen molar-refractivity contribution in [1.82, 2.24) is 15.3 Å². The predicted molar refractivity (Wildman–Crippen MR) is 94.9 cm³/mol. The molecule has 2 amide bonds. The first-order valence-corrected chi connectivity index (χ1v) is 8.14. The van der Waals surface area contributed by atoms with Gasteiger partial charge in [-0.2, -0.15) is 0 Å². The number of methoxy groups -OCH3 is 1. The lowest BCUT2D eigenvalue weighted by molar-refractivity contribution is 0.0931. The Kier molecular flexibility index (Phi) is 7.31. The standard InChI is InChI=1S/C17H19ClN4O3/c1-25-11-3-2-8-21-16(23)14-15(20-10-9-19-14)17(24)22-13-6-4-12(18)5-7-13/h4-7,9-10H,2-3,8,11H2,1H3,(H,21,23)(H,22,24). The number of amides is 2. The molecule has 1 aromatic carbocycles. The molecule has 0 aliphatic carbocycles. The van der Waals surface area contributed by atoms with E-state index in [4.69, 9.17) is 16.3 Å². The minimum atomic E-state index is -0.514. The topological polar surface area (TPSA) is 93.2 Å². The zero-order chi connectivity index (χ0) is 18.1. The molecule has 2 aromatic rings. The van der Waals surface area contributed by atoms with E-state index in [1.165, 1.54) is 12.4 Å². The van der Waals surface area contributed by atoms with Gasteiger partial charge in [-0.15, -0.1) is 0 Å². The summed E-state index contributed by atoms with van der Waals surface area (Å²) in [6.45, 7) is 1.10. The van der Waals surface area contributed by atoms with E-state index < -0.39 is 11.8 Å². The fourth-order valence-corrected chi connectivity index (χ4v) is 2.18. The number of benzene rings is 1. The first kappa shape index (κ1) is 18.8. The normalized spacial score (nSPS) is 10.3. The number of carbonyl (C=O) groups is 2. The van der Waals surface area contributed by atoms with E-state index in [1.54, 1.807) is 31.4 Å². The number of rotatable bonds is 8. The number of ether oxygens (including phenoxy) is 1. The molecule has 7 nitrogen and oxygen atoms in total. The van der Waals surface area contributed by atoms with Crippen LogP contribution in [0.1, 0.15) is 33.8 Å². The fourth-order valence-electron chi connectivity index (χ4n) is 2.05. The van der Waals surface area contributed by atoms with Gasteiger partial charge in [-0.05, 0) is 37.1 Å². The van der Waals surface area contributed by atoms with Crippen LogP contribution in [0.3, 0.4) is 0 Å². The Morgan fingerprint density at radius 3 is 2.32 bits per heavy atom. The average molecular weight is 363 g/mol. The van der Waals surface area contributed by atoms with Gasteiger partial charge in [-0.1, -0.05) is 11.6 Å². The monoisotopic (exact) mass is 362 g/mol. The van der Waals surface area contributed by atoms with Crippen molar-refractivity contribution in [3.63, 3.8) is 0 Å². The average Bonchev–Trinajstić information content (AvgIpc) is 2.63. The molecule has 0 saturated carbocycles. The Morgan fingerprint density at radius 1 is 1.04 bits per heavy atom. The van der Waals surface area contributed by atoms with Gasteiger partial charge >= 0.3 is 0 Å². The number of nitrogens with one attached hydrogen (secondary N) is 2. The van der Waals surface area contributed by atoms with E-state index in [0.717, 1.165) is 12.8 Å². The van der Waals surface area contributed by atoms with Crippen molar-refractivity contribution in [2.75, 3.05) is 25.6 Å². The highest BCUT2D eigenvalue weighted by molar-refractivity contribution is 6.30. The van der Waals surface area contributed by atoms with Crippen LogP contribution >= 0.6 is 11.6 Å². The van der Waals surface area contributed by atoms with Gasteiger partial charge in [0.15, 0.2) is 11.4 Å². The largest absolute Gasteiger partial charge is 0.385 e. The van der Waals surface area contributed by atoms with E-state index in [0.29, 0.717) is 23.9 Å². The van der Waals surface area contributed by atoms with Crippen LogP contribution in [-0.2, 0) is 4.74 Å². The molecule has 0 unspecified atom stereocenters. The molecular formula is C17H19ClN4O3. The summed E-state index contributed by atoms with van der Waals surface area (Å²) in [6, 6.07) is 6.63. The lowest BCUT2D eigenvalue weighted by atomic mass is 10.2. The molecule has 1 heterocycles. The molecule has 0 aliphatic rings. The van der Waals surface area contributed by atoms with Crippen molar-refractivity contribution in [1.29, 1.82) is 0 Å². The molecule has 8 heteroatoms. The quantitative estimate of drug-likeness (QED) is 0.704. The van der Waals surface area contributed by atoms with Gasteiger partial charge in [-0.3, -0.25) is 9.59 Å². The van der Waals surface area contributed by atoms with Crippen LogP contribution in [0.15, 0.2) is 36.7 Å². The zero-order valence-corrected chi connectivity index (χ0v) is 14.5. The lowest BCUT2D eigenvalue weighted by Gasteiger charge is -2.09. The van der Waals surface area contributed by atoms with Crippen molar-refractivity contribution in [2.45, 2.75) is 12.8 Å². The summed E-state index contributed by atoms with van der Waals surface area (Å²) in [4.78, 5) is 32.6. The van der Waals surface area contributed by atoms with Crippen LogP contribution in [0.5, 0.6) is 0 Å². The fraction of sp³-hybridized carbons (Fsp3) is 0.294. The molecule has 0 fully saturated rings. The van der Waals surface area contributed by atoms with Crippen molar-refractivity contribution in [3.8, 4) is 0 Å². The van der Waals surface area contributed by atoms with E-state index in [2.05, 4.69) is 20.6 Å². The lowest BCUT2D eigenvalue weighted by Crippen LogP contribution is -2.29. The Labute approximate surface area is 150 Å². The first-order chi connectivity index (χ1) is 12.1. The number of aromatic nitrogens is 2. The molecule has 1 aromatic heterocycles. The predicted octanol–water partition coefficient (Wildman–Crippen LogP) is 2.54. The molecule has 0 saturated heterocycles. The Balaban J connectivity index is 2.02. The number of hydrogen-bond donors (Lipinski definition) is 2. The number of unbranched alkanes of at least 4 members (excludes halogenated alkanes) is 1. The molecule has 0 bridgehead atoms. The van der Waals surface area contributed by atoms with E-state index in [-0.39, 0.29) is 11.4 Å². The Morgan fingerprint density at radius 2 is 1.68 bits per heavy atom. The third-order valence-corrected chi connectivity index (χ3v) is 3.54. The first-order valence-electron chi connectivity index (χ1n) is 7.77. The maximum Gasteiger partial charge on any atom is 0.276 e. The van der Waals surface area contributed by atoms with Crippen molar-refractivity contribution >= 4 is 29.1 Å². The minimum Gasteiger partial charge on any atom is -0.385 e. The van der Waals surface area contributed by atoms with Gasteiger partial charge in [0.25, 0.3) is 11.8 Å². The molecule has 0 radical (unpaired) electrons. The smallest absolute Gasteiger partial charge is 0.276 e. The number of carbonyl (C=O) groups excluding carboxylic acids is 2. The van der Waals surface area contributed by atoms with Crippen LogP contribution < -0.4 is 10.6 Å².